The smallest absolute Gasteiger partial charge is 0.251 e. The van der Waals surface area contributed by atoms with Crippen LogP contribution in [0.2, 0.25) is 5.02 Å². The van der Waals surface area contributed by atoms with Gasteiger partial charge in [0.05, 0.1) is 12.8 Å². The Morgan fingerprint density at radius 3 is 2.80 bits per heavy atom. The zero-order valence-corrected chi connectivity index (χ0v) is 15.6. The Morgan fingerprint density at radius 1 is 1.24 bits per heavy atom. The molecule has 1 unspecified atom stereocenters. The van der Waals surface area contributed by atoms with Crippen LogP contribution >= 0.6 is 11.6 Å². The average Bonchev–Trinajstić information content (AvgIpc) is 3.05. The summed E-state index contributed by atoms with van der Waals surface area (Å²) in [5, 5.41) is 3.84. The van der Waals surface area contributed by atoms with Crippen LogP contribution in [0.5, 0.6) is 5.75 Å². The molecule has 0 saturated carbocycles. The van der Waals surface area contributed by atoms with Crippen LogP contribution in [0.4, 0.5) is 5.69 Å². The molecule has 4 nitrogen and oxygen atoms in total. The lowest BCUT2D eigenvalue weighted by molar-refractivity contribution is 0.0939. The van der Waals surface area contributed by atoms with E-state index >= 15 is 0 Å². The molecule has 0 spiro atoms. The van der Waals surface area contributed by atoms with Gasteiger partial charge in [-0.15, -0.1) is 0 Å². The van der Waals surface area contributed by atoms with Gasteiger partial charge in [0, 0.05) is 29.7 Å². The largest absolute Gasteiger partial charge is 0.495 e. The maximum absolute atomic E-state index is 12.6. The number of carbonyl (C=O) groups excluding carboxylic acids is 1. The molecule has 5 heteroatoms. The fourth-order valence-corrected chi connectivity index (χ4v) is 3.42. The number of hydrogen-bond donors (Lipinski definition) is 1. The summed E-state index contributed by atoms with van der Waals surface area (Å²) in [5.41, 5.74) is 3.80. The maximum atomic E-state index is 12.6. The lowest BCUT2D eigenvalue weighted by Crippen LogP contribution is -2.37. The third kappa shape index (κ3) is 3.90. The Hall–Kier alpha value is -2.20. The van der Waals surface area contributed by atoms with Crippen LogP contribution in [0.15, 0.2) is 36.4 Å². The van der Waals surface area contributed by atoms with Gasteiger partial charge in [-0.25, -0.2) is 0 Å². The summed E-state index contributed by atoms with van der Waals surface area (Å²) in [6.45, 7) is 5.56. The Kier molecular flexibility index (Phi) is 5.19. The topological polar surface area (TPSA) is 41.6 Å². The summed E-state index contributed by atoms with van der Waals surface area (Å²) in [6.07, 6.45) is 0.895. The molecule has 3 rings (SSSR count). The third-order valence-corrected chi connectivity index (χ3v) is 4.88. The van der Waals surface area contributed by atoms with Gasteiger partial charge >= 0.3 is 0 Å². The molecule has 0 bridgehead atoms. The lowest BCUT2D eigenvalue weighted by Gasteiger charge is -2.22. The van der Waals surface area contributed by atoms with E-state index in [1.54, 1.807) is 7.11 Å². The van der Waals surface area contributed by atoms with Gasteiger partial charge in [0.25, 0.3) is 5.91 Å². The molecule has 1 saturated heterocycles. The molecule has 25 heavy (non-hydrogen) atoms. The van der Waals surface area contributed by atoms with Gasteiger partial charge in [0.15, 0.2) is 0 Å². The summed E-state index contributed by atoms with van der Waals surface area (Å²) < 4.78 is 5.44. The molecule has 132 valence electrons. The van der Waals surface area contributed by atoms with E-state index in [1.807, 2.05) is 50.2 Å². The fraction of sp³-hybridized carbons (Fsp3) is 0.350. The van der Waals surface area contributed by atoms with E-state index in [0.717, 1.165) is 47.6 Å². The number of methoxy groups -OCH3 is 1. The molecule has 1 atom stereocenters. The molecule has 1 N–H and O–H groups in total. The number of hydrogen-bond acceptors (Lipinski definition) is 3. The Balaban J connectivity index is 1.70. The van der Waals surface area contributed by atoms with Crippen LogP contribution in [-0.2, 0) is 0 Å². The van der Waals surface area contributed by atoms with E-state index in [2.05, 4.69) is 10.2 Å². The normalized spacial score (nSPS) is 16.8. The predicted molar refractivity (Wildman–Crippen MR) is 102 cm³/mol. The monoisotopic (exact) mass is 358 g/mol. The minimum absolute atomic E-state index is 0.00823. The number of halogens is 1. The van der Waals surface area contributed by atoms with E-state index in [9.17, 15) is 4.79 Å². The second kappa shape index (κ2) is 7.36. The van der Waals surface area contributed by atoms with Crippen molar-refractivity contribution in [3.05, 3.63) is 58.1 Å². The second-order valence-corrected chi connectivity index (χ2v) is 6.98. The van der Waals surface area contributed by atoms with Crippen molar-refractivity contribution >= 4 is 23.2 Å². The summed E-state index contributed by atoms with van der Waals surface area (Å²) in [5.74, 6) is 0.789. The Labute approximate surface area is 153 Å². The van der Waals surface area contributed by atoms with Crippen LogP contribution in [0, 0.1) is 13.8 Å². The van der Waals surface area contributed by atoms with Gasteiger partial charge in [0.1, 0.15) is 5.75 Å². The summed E-state index contributed by atoms with van der Waals surface area (Å²) in [6, 6.07) is 11.7. The molecule has 1 fully saturated rings. The molecular weight excluding hydrogens is 336 g/mol. The minimum atomic E-state index is -0.00823. The number of rotatable bonds is 4. The zero-order chi connectivity index (χ0) is 18.0. The van der Waals surface area contributed by atoms with Crippen LogP contribution in [-0.4, -0.2) is 32.1 Å². The van der Waals surface area contributed by atoms with Crippen molar-refractivity contribution < 1.29 is 9.53 Å². The number of nitrogens with one attached hydrogen (secondary N) is 1. The average molecular weight is 359 g/mol. The first-order valence-electron chi connectivity index (χ1n) is 8.44. The van der Waals surface area contributed by atoms with Gasteiger partial charge in [0.2, 0.25) is 0 Å². The lowest BCUT2D eigenvalue weighted by atomic mass is 10.0. The molecular formula is C20H23ClN2O2. The second-order valence-electron chi connectivity index (χ2n) is 6.54. The van der Waals surface area contributed by atoms with Crippen molar-refractivity contribution in [3.63, 3.8) is 0 Å². The van der Waals surface area contributed by atoms with Crippen molar-refractivity contribution in [1.82, 2.24) is 5.32 Å². The van der Waals surface area contributed by atoms with Crippen molar-refractivity contribution in [2.75, 3.05) is 25.1 Å². The molecule has 2 aromatic carbocycles. The van der Waals surface area contributed by atoms with Crippen molar-refractivity contribution in [2.45, 2.75) is 26.3 Å². The Morgan fingerprint density at radius 2 is 2.04 bits per heavy atom. The molecule has 0 aromatic heterocycles. The van der Waals surface area contributed by atoms with Gasteiger partial charge in [-0.1, -0.05) is 29.3 Å². The van der Waals surface area contributed by atoms with Crippen LogP contribution in [0.25, 0.3) is 0 Å². The molecule has 1 aliphatic heterocycles. The highest BCUT2D eigenvalue weighted by Gasteiger charge is 2.26. The standard InChI is InChI=1S/C20H23ClN2O2/c1-13-4-5-14(2)17(10-13)20(24)22-16-8-9-23(12-16)18-11-15(21)6-7-19(18)25-3/h4-7,10-11,16H,8-9,12H2,1-3H3,(H,22,24). The zero-order valence-electron chi connectivity index (χ0n) is 14.8. The molecule has 1 aliphatic rings. The Bertz CT molecular complexity index is 791. The van der Waals surface area contributed by atoms with Crippen LogP contribution < -0.4 is 15.0 Å². The molecule has 0 aliphatic carbocycles. The van der Waals surface area contributed by atoms with Gasteiger partial charge in [-0.3, -0.25) is 4.79 Å². The third-order valence-electron chi connectivity index (χ3n) is 4.64. The number of nitrogens with zero attached hydrogens (tertiary/aromatic N) is 1. The quantitative estimate of drug-likeness (QED) is 0.899. The van der Waals surface area contributed by atoms with Crippen LogP contribution in [0.1, 0.15) is 27.9 Å². The van der Waals surface area contributed by atoms with E-state index < -0.39 is 0 Å². The molecule has 1 amide bonds. The fourth-order valence-electron chi connectivity index (χ4n) is 3.25. The molecule has 1 heterocycles. The number of ether oxygens (including phenoxy) is 1. The minimum Gasteiger partial charge on any atom is -0.495 e. The first-order valence-corrected chi connectivity index (χ1v) is 8.82. The summed E-state index contributed by atoms with van der Waals surface area (Å²) in [4.78, 5) is 14.8. The SMILES string of the molecule is COc1ccc(Cl)cc1N1CCC(NC(=O)c2cc(C)ccc2C)C1. The highest BCUT2D eigenvalue weighted by atomic mass is 35.5. The number of amides is 1. The highest BCUT2D eigenvalue weighted by Crippen LogP contribution is 2.33. The van der Waals surface area contributed by atoms with E-state index in [1.165, 1.54) is 0 Å². The summed E-state index contributed by atoms with van der Waals surface area (Å²) in [7, 11) is 1.66. The maximum Gasteiger partial charge on any atom is 0.251 e. The van der Waals surface area contributed by atoms with E-state index in [4.69, 9.17) is 16.3 Å². The van der Waals surface area contributed by atoms with Crippen molar-refractivity contribution in [3.8, 4) is 5.75 Å². The van der Waals surface area contributed by atoms with Crippen molar-refractivity contribution in [2.24, 2.45) is 0 Å². The van der Waals surface area contributed by atoms with Crippen LogP contribution in [0.3, 0.4) is 0 Å². The summed E-state index contributed by atoms with van der Waals surface area (Å²) >= 11 is 6.13. The van der Waals surface area contributed by atoms with E-state index in [0.29, 0.717) is 5.02 Å². The number of benzene rings is 2. The molecule has 0 radical (unpaired) electrons. The number of aryl methyl sites for hydroxylation is 2. The van der Waals surface area contributed by atoms with Gasteiger partial charge in [-0.2, -0.15) is 0 Å². The number of anilines is 1. The van der Waals surface area contributed by atoms with Gasteiger partial charge < -0.3 is 15.0 Å². The first-order chi connectivity index (χ1) is 12.0. The van der Waals surface area contributed by atoms with Crippen molar-refractivity contribution in [1.29, 1.82) is 0 Å². The highest BCUT2D eigenvalue weighted by molar-refractivity contribution is 6.30. The predicted octanol–water partition coefficient (Wildman–Crippen LogP) is 3.97. The first kappa shape index (κ1) is 17.6. The van der Waals surface area contributed by atoms with E-state index in [-0.39, 0.29) is 11.9 Å². The molecule has 2 aromatic rings. The van der Waals surface area contributed by atoms with Gasteiger partial charge in [-0.05, 0) is 50.1 Å². The number of carbonyl (C=O) groups is 1.